The van der Waals surface area contributed by atoms with E-state index in [0.29, 0.717) is 11.3 Å². The summed E-state index contributed by atoms with van der Waals surface area (Å²) in [5.74, 6) is 0.253. The molecule has 0 aliphatic carbocycles. The Morgan fingerprint density at radius 1 is 1.06 bits per heavy atom. The molecule has 3 rings (SSSR count). The maximum Gasteiger partial charge on any atom is 0.226 e. The third kappa shape index (κ3) is 6.67. The van der Waals surface area contributed by atoms with Crippen LogP contribution in [0.25, 0.3) is 0 Å². The number of piperidine rings is 1. The predicted octanol–water partition coefficient (Wildman–Crippen LogP) is 4.43. The molecular formula is C27H38N2O3S. The van der Waals surface area contributed by atoms with E-state index in [9.17, 15) is 13.2 Å². The second-order valence-electron chi connectivity index (χ2n) is 9.81. The number of likely N-dealkylation sites (tertiary alicyclic amines) is 1. The summed E-state index contributed by atoms with van der Waals surface area (Å²) < 4.78 is 25.3. The van der Waals surface area contributed by atoms with E-state index in [2.05, 4.69) is 17.0 Å². The zero-order valence-electron chi connectivity index (χ0n) is 20.2. The third-order valence-electron chi connectivity index (χ3n) is 6.84. The molecule has 1 unspecified atom stereocenters. The third-order valence-corrected chi connectivity index (χ3v) is 9.40. The Hall–Kier alpha value is -2.18. The number of amides is 1. The van der Waals surface area contributed by atoms with Crippen molar-refractivity contribution in [2.24, 2.45) is 5.92 Å². The van der Waals surface area contributed by atoms with Crippen LogP contribution in [-0.2, 0) is 21.1 Å². The van der Waals surface area contributed by atoms with Crippen molar-refractivity contribution in [3.05, 3.63) is 66.2 Å². The van der Waals surface area contributed by atoms with Crippen molar-refractivity contribution in [3.63, 3.8) is 0 Å². The first kappa shape index (κ1) is 25.4. The fourth-order valence-corrected chi connectivity index (χ4v) is 6.17. The van der Waals surface area contributed by atoms with Gasteiger partial charge in [0.15, 0.2) is 9.84 Å². The monoisotopic (exact) mass is 470 g/mol. The lowest BCUT2D eigenvalue weighted by atomic mass is 9.96. The molecule has 1 saturated heterocycles. The number of hydrogen-bond donors (Lipinski definition) is 0. The highest BCUT2D eigenvalue weighted by Crippen LogP contribution is 2.30. The van der Waals surface area contributed by atoms with Crippen molar-refractivity contribution in [2.75, 3.05) is 33.2 Å². The average molecular weight is 471 g/mol. The number of hydrogen-bond acceptors (Lipinski definition) is 4. The van der Waals surface area contributed by atoms with Crippen molar-refractivity contribution in [3.8, 4) is 0 Å². The molecule has 0 aromatic heterocycles. The van der Waals surface area contributed by atoms with E-state index in [0.717, 1.165) is 51.9 Å². The van der Waals surface area contributed by atoms with Crippen LogP contribution >= 0.6 is 0 Å². The molecule has 0 N–H and O–H groups in total. The van der Waals surface area contributed by atoms with Gasteiger partial charge in [-0.05, 0) is 76.7 Å². The quantitative estimate of drug-likeness (QED) is 0.515. The normalized spacial score (nSPS) is 17.6. The van der Waals surface area contributed by atoms with Gasteiger partial charge in [0.1, 0.15) is 0 Å². The minimum Gasteiger partial charge on any atom is -0.345 e. The maximum absolute atomic E-state index is 13.1. The summed E-state index contributed by atoms with van der Waals surface area (Å²) >= 11 is 0. The molecule has 0 radical (unpaired) electrons. The zero-order chi connectivity index (χ0) is 23.9. The van der Waals surface area contributed by atoms with Gasteiger partial charge < -0.3 is 9.80 Å². The van der Waals surface area contributed by atoms with E-state index >= 15 is 0 Å². The van der Waals surface area contributed by atoms with Crippen molar-refractivity contribution in [2.45, 2.75) is 55.6 Å². The van der Waals surface area contributed by atoms with E-state index in [1.54, 1.807) is 24.3 Å². The molecule has 1 fully saturated rings. The predicted molar refractivity (Wildman–Crippen MR) is 134 cm³/mol. The molecule has 1 heterocycles. The number of nitrogens with zero attached hydrogens (tertiary/aromatic N) is 2. The molecule has 1 amide bonds. The SMILES string of the molecule is CN(CCc1ccccc1)C(=O)C1CCCN(CCCC(C)(C)S(=O)(=O)c2ccccc2)C1. The first-order chi connectivity index (χ1) is 15.7. The largest absolute Gasteiger partial charge is 0.345 e. The second-order valence-corrected chi connectivity index (χ2v) is 12.4. The standard InChI is InChI=1S/C27H38N2O3S/c1-27(2,33(31,32)25-15-8-5-9-16-25)18-11-20-29-19-10-14-24(22-29)26(30)28(3)21-17-23-12-6-4-7-13-23/h4-9,12-13,15-16,24H,10-11,14,17-22H2,1-3H3. The first-order valence-electron chi connectivity index (χ1n) is 12.0. The molecule has 33 heavy (non-hydrogen) atoms. The Morgan fingerprint density at radius 3 is 2.36 bits per heavy atom. The first-order valence-corrected chi connectivity index (χ1v) is 13.5. The summed E-state index contributed by atoms with van der Waals surface area (Å²) in [5.41, 5.74) is 1.25. The van der Waals surface area contributed by atoms with Crippen LogP contribution in [0.3, 0.4) is 0 Å². The zero-order valence-corrected chi connectivity index (χ0v) is 21.1. The Morgan fingerprint density at radius 2 is 1.70 bits per heavy atom. The molecule has 2 aromatic carbocycles. The molecule has 0 bridgehead atoms. The van der Waals surface area contributed by atoms with Crippen LogP contribution in [-0.4, -0.2) is 62.1 Å². The van der Waals surface area contributed by atoms with Crippen molar-refractivity contribution in [1.29, 1.82) is 0 Å². The minimum absolute atomic E-state index is 0.0283. The van der Waals surface area contributed by atoms with Crippen molar-refractivity contribution >= 4 is 15.7 Å². The summed E-state index contributed by atoms with van der Waals surface area (Å²) in [6.45, 7) is 6.93. The number of rotatable bonds is 10. The van der Waals surface area contributed by atoms with E-state index in [1.165, 1.54) is 5.56 Å². The van der Waals surface area contributed by atoms with Crippen molar-refractivity contribution in [1.82, 2.24) is 9.80 Å². The smallest absolute Gasteiger partial charge is 0.226 e. The summed E-state index contributed by atoms with van der Waals surface area (Å²) in [4.78, 5) is 17.6. The molecule has 6 heteroatoms. The average Bonchev–Trinajstić information content (AvgIpc) is 2.83. The van der Waals surface area contributed by atoms with Crippen LogP contribution in [0.15, 0.2) is 65.6 Å². The van der Waals surface area contributed by atoms with E-state index in [-0.39, 0.29) is 11.8 Å². The van der Waals surface area contributed by atoms with Gasteiger partial charge in [0, 0.05) is 20.1 Å². The number of carbonyl (C=O) groups is 1. The van der Waals surface area contributed by atoms with Gasteiger partial charge in [-0.3, -0.25) is 4.79 Å². The van der Waals surface area contributed by atoms with Gasteiger partial charge in [0.2, 0.25) is 5.91 Å². The van der Waals surface area contributed by atoms with Crippen LogP contribution < -0.4 is 0 Å². The molecule has 0 spiro atoms. The number of likely N-dealkylation sites (N-methyl/N-ethyl adjacent to an activating group) is 1. The lowest BCUT2D eigenvalue weighted by molar-refractivity contribution is -0.136. The van der Waals surface area contributed by atoms with E-state index < -0.39 is 14.6 Å². The summed E-state index contributed by atoms with van der Waals surface area (Å²) in [5, 5.41) is 0. The highest BCUT2D eigenvalue weighted by molar-refractivity contribution is 7.92. The molecule has 180 valence electrons. The molecular weight excluding hydrogens is 432 g/mol. The van der Waals surface area contributed by atoms with Gasteiger partial charge in [0.05, 0.1) is 15.6 Å². The fourth-order valence-electron chi connectivity index (χ4n) is 4.60. The molecule has 1 atom stereocenters. The number of carbonyl (C=O) groups excluding carboxylic acids is 1. The highest BCUT2D eigenvalue weighted by Gasteiger charge is 2.35. The topological polar surface area (TPSA) is 57.7 Å². The Labute approximate surface area is 199 Å². The Kier molecular flexibility index (Phi) is 8.71. The van der Waals surface area contributed by atoms with Gasteiger partial charge in [-0.1, -0.05) is 48.5 Å². The molecule has 5 nitrogen and oxygen atoms in total. The van der Waals surface area contributed by atoms with Gasteiger partial charge in [0.25, 0.3) is 0 Å². The maximum atomic E-state index is 13.1. The summed E-state index contributed by atoms with van der Waals surface area (Å²) in [6.07, 6.45) is 4.19. The second kappa shape index (κ2) is 11.3. The highest BCUT2D eigenvalue weighted by atomic mass is 32.2. The van der Waals surface area contributed by atoms with Crippen LogP contribution in [0.4, 0.5) is 0 Å². The van der Waals surface area contributed by atoms with Crippen LogP contribution in [0, 0.1) is 5.92 Å². The molecule has 1 aliphatic heterocycles. The minimum atomic E-state index is -3.39. The van der Waals surface area contributed by atoms with Gasteiger partial charge >= 0.3 is 0 Å². The van der Waals surface area contributed by atoms with Gasteiger partial charge in [-0.15, -0.1) is 0 Å². The summed E-state index contributed by atoms with van der Waals surface area (Å²) in [6, 6.07) is 19.0. The molecule has 0 saturated carbocycles. The van der Waals surface area contributed by atoms with Crippen molar-refractivity contribution < 1.29 is 13.2 Å². The Bertz CT molecular complexity index is 991. The Balaban J connectivity index is 1.48. The molecule has 1 aliphatic rings. The lowest BCUT2D eigenvalue weighted by Gasteiger charge is -2.34. The summed E-state index contributed by atoms with van der Waals surface area (Å²) in [7, 11) is -1.48. The number of sulfone groups is 1. The lowest BCUT2D eigenvalue weighted by Crippen LogP contribution is -2.44. The van der Waals surface area contributed by atoms with Crippen LogP contribution in [0.1, 0.15) is 45.1 Å². The molecule has 2 aromatic rings. The number of benzene rings is 2. The van der Waals surface area contributed by atoms with Crippen LogP contribution in [0.5, 0.6) is 0 Å². The van der Waals surface area contributed by atoms with Gasteiger partial charge in [-0.2, -0.15) is 0 Å². The van der Waals surface area contributed by atoms with Gasteiger partial charge in [-0.25, -0.2) is 8.42 Å². The van der Waals surface area contributed by atoms with E-state index in [4.69, 9.17) is 0 Å². The van der Waals surface area contributed by atoms with E-state index in [1.807, 2.05) is 50.1 Å². The fraction of sp³-hybridized carbons (Fsp3) is 0.519. The van der Waals surface area contributed by atoms with Crippen LogP contribution in [0.2, 0.25) is 0 Å².